The summed E-state index contributed by atoms with van der Waals surface area (Å²) in [6.07, 6.45) is 0. The van der Waals surface area contributed by atoms with Crippen molar-refractivity contribution >= 4 is 15.8 Å². The molecule has 19 heavy (non-hydrogen) atoms. The van der Waals surface area contributed by atoms with Crippen LogP contribution in [-0.4, -0.2) is 37.0 Å². The van der Waals surface area contributed by atoms with Crippen LogP contribution >= 0.6 is 0 Å². The van der Waals surface area contributed by atoms with Crippen molar-refractivity contribution in [1.29, 1.82) is 0 Å². The fourth-order valence-corrected chi connectivity index (χ4v) is 3.69. The van der Waals surface area contributed by atoms with Gasteiger partial charge < -0.3 is 5.11 Å². The number of carboxylic acids is 1. The molecule has 1 fully saturated rings. The minimum absolute atomic E-state index is 0.186. The lowest BCUT2D eigenvalue weighted by Gasteiger charge is -2.29. The van der Waals surface area contributed by atoms with Crippen LogP contribution in [0.5, 0.6) is 0 Å². The van der Waals surface area contributed by atoms with Crippen LogP contribution in [0, 0.1) is 11.6 Å². The van der Waals surface area contributed by atoms with Gasteiger partial charge in [-0.15, -0.1) is 0 Å². The molecule has 1 saturated heterocycles. The molecule has 2 unspecified atom stereocenters. The van der Waals surface area contributed by atoms with Gasteiger partial charge in [0, 0.05) is 11.6 Å². The van der Waals surface area contributed by atoms with E-state index in [1.54, 1.807) is 0 Å². The van der Waals surface area contributed by atoms with E-state index < -0.39 is 51.0 Å². The highest BCUT2D eigenvalue weighted by atomic mass is 32.2. The van der Waals surface area contributed by atoms with E-state index in [-0.39, 0.29) is 5.56 Å². The van der Waals surface area contributed by atoms with Crippen molar-refractivity contribution in [2.45, 2.75) is 12.1 Å². The molecule has 2 atom stereocenters. The Hall–Kier alpha value is -1.54. The van der Waals surface area contributed by atoms with E-state index in [2.05, 4.69) is 5.32 Å². The molecule has 0 saturated carbocycles. The van der Waals surface area contributed by atoms with Crippen LogP contribution in [0.2, 0.25) is 0 Å². The van der Waals surface area contributed by atoms with E-state index in [0.29, 0.717) is 0 Å². The molecule has 8 heteroatoms. The average molecular weight is 291 g/mol. The number of carbonyl (C=O) groups is 1. The summed E-state index contributed by atoms with van der Waals surface area (Å²) in [6.45, 7) is 0. The molecule has 0 aliphatic carbocycles. The topological polar surface area (TPSA) is 83.5 Å². The number of aliphatic carboxylic acids is 1. The van der Waals surface area contributed by atoms with Gasteiger partial charge in [-0.1, -0.05) is 12.1 Å². The lowest BCUT2D eigenvalue weighted by Crippen LogP contribution is -2.51. The van der Waals surface area contributed by atoms with E-state index in [4.69, 9.17) is 5.11 Å². The number of hydrogen-bond donors (Lipinski definition) is 2. The van der Waals surface area contributed by atoms with Crippen LogP contribution in [0.3, 0.4) is 0 Å². The Morgan fingerprint density at radius 1 is 1.32 bits per heavy atom. The Balaban J connectivity index is 2.39. The summed E-state index contributed by atoms with van der Waals surface area (Å²) in [6, 6.07) is 0.981. The van der Waals surface area contributed by atoms with Crippen molar-refractivity contribution in [1.82, 2.24) is 5.32 Å². The minimum Gasteiger partial charge on any atom is -0.480 e. The van der Waals surface area contributed by atoms with E-state index in [1.165, 1.54) is 12.1 Å². The molecule has 1 aliphatic heterocycles. The Morgan fingerprint density at radius 3 is 2.63 bits per heavy atom. The van der Waals surface area contributed by atoms with Crippen molar-refractivity contribution < 1.29 is 27.1 Å². The molecule has 1 aromatic carbocycles. The number of carboxylic acid groups (broad SMARTS) is 1. The lowest BCUT2D eigenvalue weighted by molar-refractivity contribution is -0.139. The number of benzene rings is 1. The van der Waals surface area contributed by atoms with Crippen LogP contribution in [0.25, 0.3) is 0 Å². The average Bonchev–Trinajstić information content (AvgIpc) is 2.30. The van der Waals surface area contributed by atoms with Crippen molar-refractivity contribution in [3.63, 3.8) is 0 Å². The maximum atomic E-state index is 13.6. The van der Waals surface area contributed by atoms with Crippen LogP contribution in [0.4, 0.5) is 8.78 Å². The predicted octanol–water partition coefficient (Wildman–Crippen LogP) is 0.477. The highest BCUT2D eigenvalue weighted by molar-refractivity contribution is 7.91. The fraction of sp³-hybridized carbons (Fsp3) is 0.364. The molecular formula is C11H11F2NO4S. The number of sulfone groups is 1. The molecular weight excluding hydrogens is 280 g/mol. The number of rotatable bonds is 2. The van der Waals surface area contributed by atoms with Crippen molar-refractivity contribution in [2.75, 3.05) is 11.5 Å². The molecule has 104 valence electrons. The second kappa shape index (κ2) is 4.86. The standard InChI is InChI=1S/C11H11F2NO4S/c12-7-3-1-2-6(10(7)13)8-4-19(17,18)5-9(14-8)11(15)16/h1-3,8-9,14H,4-5H2,(H,15,16). The Labute approximate surface area is 108 Å². The van der Waals surface area contributed by atoms with Crippen LogP contribution in [0.15, 0.2) is 18.2 Å². The first-order valence-corrected chi connectivity index (χ1v) is 7.25. The molecule has 0 bridgehead atoms. The smallest absolute Gasteiger partial charge is 0.321 e. The zero-order valence-corrected chi connectivity index (χ0v) is 10.5. The number of nitrogens with one attached hydrogen (secondary N) is 1. The predicted molar refractivity (Wildman–Crippen MR) is 62.3 cm³/mol. The third kappa shape index (κ3) is 2.90. The molecule has 5 nitrogen and oxygen atoms in total. The molecule has 0 aromatic heterocycles. The van der Waals surface area contributed by atoms with Gasteiger partial charge in [-0.05, 0) is 6.07 Å². The molecule has 0 amide bonds. The summed E-state index contributed by atoms with van der Waals surface area (Å²) < 4.78 is 50.0. The van der Waals surface area contributed by atoms with Gasteiger partial charge in [0.2, 0.25) is 0 Å². The highest BCUT2D eigenvalue weighted by Gasteiger charge is 2.37. The van der Waals surface area contributed by atoms with Gasteiger partial charge in [-0.2, -0.15) is 0 Å². The Bertz CT molecular complexity index is 617. The summed E-state index contributed by atoms with van der Waals surface area (Å²) in [5.41, 5.74) is -0.186. The van der Waals surface area contributed by atoms with Crippen molar-refractivity contribution in [2.24, 2.45) is 0 Å². The van der Waals surface area contributed by atoms with E-state index >= 15 is 0 Å². The lowest BCUT2D eigenvalue weighted by atomic mass is 10.1. The molecule has 1 aliphatic rings. The zero-order chi connectivity index (χ0) is 14.2. The van der Waals surface area contributed by atoms with Gasteiger partial charge in [-0.3, -0.25) is 10.1 Å². The molecule has 2 rings (SSSR count). The van der Waals surface area contributed by atoms with Gasteiger partial charge in [0.1, 0.15) is 6.04 Å². The van der Waals surface area contributed by atoms with Crippen LogP contribution in [-0.2, 0) is 14.6 Å². The number of hydrogen-bond acceptors (Lipinski definition) is 4. The third-order valence-corrected chi connectivity index (χ3v) is 4.58. The first-order chi connectivity index (χ1) is 8.80. The highest BCUT2D eigenvalue weighted by Crippen LogP contribution is 2.24. The summed E-state index contributed by atoms with van der Waals surface area (Å²) >= 11 is 0. The van der Waals surface area contributed by atoms with Crippen molar-refractivity contribution in [3.05, 3.63) is 35.4 Å². The second-order valence-electron chi connectivity index (χ2n) is 4.33. The van der Waals surface area contributed by atoms with Crippen molar-refractivity contribution in [3.8, 4) is 0 Å². The SMILES string of the molecule is O=C(O)C1CS(=O)(=O)CC(c2cccc(F)c2F)N1. The fourth-order valence-electron chi connectivity index (χ4n) is 2.03. The monoisotopic (exact) mass is 291 g/mol. The summed E-state index contributed by atoms with van der Waals surface area (Å²) in [5, 5.41) is 11.4. The van der Waals surface area contributed by atoms with Crippen LogP contribution < -0.4 is 5.32 Å². The quantitative estimate of drug-likeness (QED) is 0.828. The first-order valence-electron chi connectivity index (χ1n) is 5.43. The maximum absolute atomic E-state index is 13.6. The molecule has 1 aromatic rings. The van der Waals surface area contributed by atoms with E-state index in [1.807, 2.05) is 0 Å². The normalized spacial score (nSPS) is 26.0. The summed E-state index contributed by atoms with van der Waals surface area (Å²) in [4.78, 5) is 10.9. The van der Waals surface area contributed by atoms with Gasteiger partial charge in [-0.25, -0.2) is 17.2 Å². The Morgan fingerprint density at radius 2 is 2.00 bits per heavy atom. The molecule has 0 spiro atoms. The molecule has 1 heterocycles. The van der Waals surface area contributed by atoms with Gasteiger partial charge in [0.05, 0.1) is 11.5 Å². The van der Waals surface area contributed by atoms with E-state index in [9.17, 15) is 22.0 Å². The summed E-state index contributed by atoms with van der Waals surface area (Å²) in [7, 11) is -3.64. The van der Waals surface area contributed by atoms with E-state index in [0.717, 1.165) is 6.07 Å². The molecule has 2 N–H and O–H groups in total. The Kier molecular flexibility index (Phi) is 3.55. The first kappa shape index (κ1) is 13.9. The zero-order valence-electron chi connectivity index (χ0n) is 9.64. The maximum Gasteiger partial charge on any atom is 0.321 e. The third-order valence-electron chi connectivity index (χ3n) is 2.90. The van der Waals surface area contributed by atoms with Gasteiger partial charge in [0.25, 0.3) is 0 Å². The number of halogens is 2. The van der Waals surface area contributed by atoms with Gasteiger partial charge in [0.15, 0.2) is 21.5 Å². The molecule has 0 radical (unpaired) electrons. The van der Waals surface area contributed by atoms with Crippen LogP contribution in [0.1, 0.15) is 11.6 Å². The second-order valence-corrected chi connectivity index (χ2v) is 6.48. The minimum atomic E-state index is -3.64. The van der Waals surface area contributed by atoms with Gasteiger partial charge >= 0.3 is 5.97 Å². The largest absolute Gasteiger partial charge is 0.480 e. The summed E-state index contributed by atoms with van der Waals surface area (Å²) in [5.74, 6) is -4.63.